The summed E-state index contributed by atoms with van der Waals surface area (Å²) in [5.74, 6) is 0.0438. The molecule has 6 heteroatoms. The zero-order chi connectivity index (χ0) is 19.8. The van der Waals surface area contributed by atoms with Crippen molar-refractivity contribution in [2.45, 2.75) is 18.8 Å². The molecule has 0 radical (unpaired) electrons. The second kappa shape index (κ2) is 7.24. The molecule has 5 nitrogen and oxygen atoms in total. The summed E-state index contributed by atoms with van der Waals surface area (Å²) < 4.78 is 0. The number of nitrogens with zero attached hydrogens (tertiary/aromatic N) is 2. The largest absolute Gasteiger partial charge is 0.345 e. The first-order valence-corrected chi connectivity index (χ1v) is 9.54. The Balaban J connectivity index is 1.65. The zero-order valence-corrected chi connectivity index (χ0v) is 16.5. The van der Waals surface area contributed by atoms with Gasteiger partial charge in [0.05, 0.1) is 21.7 Å². The number of aromatic nitrogens is 1. The minimum absolute atomic E-state index is 0.183. The molecule has 0 unspecified atom stereocenters. The van der Waals surface area contributed by atoms with E-state index in [1.807, 2.05) is 30.3 Å². The highest BCUT2D eigenvalue weighted by atomic mass is 35.5. The Labute approximate surface area is 168 Å². The predicted molar refractivity (Wildman–Crippen MR) is 111 cm³/mol. The summed E-state index contributed by atoms with van der Waals surface area (Å²) in [6.07, 6.45) is 2.23. The van der Waals surface area contributed by atoms with Crippen LogP contribution in [0.1, 0.15) is 45.2 Å². The van der Waals surface area contributed by atoms with Crippen LogP contribution in [0, 0.1) is 0 Å². The maximum atomic E-state index is 13.0. The maximum absolute atomic E-state index is 13.0. The smallest absolute Gasteiger partial charge is 0.256 e. The quantitative estimate of drug-likeness (QED) is 0.697. The van der Waals surface area contributed by atoms with Crippen molar-refractivity contribution in [3.05, 3.63) is 70.4 Å². The number of pyridine rings is 1. The van der Waals surface area contributed by atoms with Gasteiger partial charge in [0.25, 0.3) is 11.8 Å². The van der Waals surface area contributed by atoms with Crippen molar-refractivity contribution in [3.8, 4) is 0 Å². The molecule has 0 aliphatic heterocycles. The minimum atomic E-state index is -0.219. The van der Waals surface area contributed by atoms with E-state index in [9.17, 15) is 9.59 Å². The van der Waals surface area contributed by atoms with Gasteiger partial charge in [-0.2, -0.15) is 0 Å². The summed E-state index contributed by atoms with van der Waals surface area (Å²) in [5, 5.41) is 4.01. The summed E-state index contributed by atoms with van der Waals surface area (Å²) in [5.41, 5.74) is 3.32. The van der Waals surface area contributed by atoms with Gasteiger partial charge in [-0.15, -0.1) is 0 Å². The molecule has 142 valence electrons. The molecule has 1 aliphatic rings. The monoisotopic (exact) mass is 393 g/mol. The van der Waals surface area contributed by atoms with Crippen LogP contribution < -0.4 is 5.32 Å². The molecule has 28 heavy (non-hydrogen) atoms. The first kappa shape index (κ1) is 18.4. The van der Waals surface area contributed by atoms with E-state index in [1.165, 1.54) is 4.90 Å². The third-order valence-corrected chi connectivity index (χ3v) is 5.15. The number of para-hydroxylation sites is 1. The molecule has 4 rings (SSSR count). The molecule has 1 aliphatic carbocycles. The fourth-order valence-corrected chi connectivity index (χ4v) is 3.44. The van der Waals surface area contributed by atoms with Crippen LogP contribution >= 0.6 is 11.6 Å². The Bertz CT molecular complexity index is 1090. The molecular formula is C22H20ClN3O2. The first-order chi connectivity index (χ1) is 13.4. The Morgan fingerprint density at radius 3 is 2.50 bits per heavy atom. The van der Waals surface area contributed by atoms with E-state index in [2.05, 4.69) is 5.32 Å². The average Bonchev–Trinajstić information content (AvgIpc) is 3.52. The van der Waals surface area contributed by atoms with Gasteiger partial charge in [0.15, 0.2) is 0 Å². The van der Waals surface area contributed by atoms with Gasteiger partial charge < -0.3 is 10.2 Å². The third kappa shape index (κ3) is 3.58. The van der Waals surface area contributed by atoms with Gasteiger partial charge >= 0.3 is 0 Å². The lowest BCUT2D eigenvalue weighted by Crippen LogP contribution is -2.22. The van der Waals surface area contributed by atoms with Gasteiger partial charge in [0, 0.05) is 36.8 Å². The summed E-state index contributed by atoms with van der Waals surface area (Å²) in [7, 11) is 3.33. The summed E-state index contributed by atoms with van der Waals surface area (Å²) in [6, 6.07) is 14.5. The van der Waals surface area contributed by atoms with Gasteiger partial charge in [0.2, 0.25) is 0 Å². The maximum Gasteiger partial charge on any atom is 0.256 e. The number of hydrogen-bond acceptors (Lipinski definition) is 3. The number of carbonyl (C=O) groups excluding carboxylic acids is 2. The number of halogens is 1. The number of benzene rings is 2. The fraction of sp³-hybridized carbons (Fsp3) is 0.227. The molecule has 3 aromatic rings. The molecule has 0 bridgehead atoms. The van der Waals surface area contributed by atoms with E-state index in [0.29, 0.717) is 27.8 Å². The Morgan fingerprint density at radius 1 is 1.07 bits per heavy atom. The molecular weight excluding hydrogens is 374 g/mol. The number of hydrogen-bond donors (Lipinski definition) is 1. The van der Waals surface area contributed by atoms with E-state index in [-0.39, 0.29) is 11.8 Å². The molecule has 0 atom stereocenters. The number of amides is 2. The highest BCUT2D eigenvalue weighted by Crippen LogP contribution is 2.40. The van der Waals surface area contributed by atoms with E-state index < -0.39 is 0 Å². The lowest BCUT2D eigenvalue weighted by atomic mass is 10.0. The number of carbonyl (C=O) groups is 2. The van der Waals surface area contributed by atoms with Gasteiger partial charge in [-0.05, 0) is 43.2 Å². The minimum Gasteiger partial charge on any atom is -0.345 e. The van der Waals surface area contributed by atoms with Crippen LogP contribution in [-0.4, -0.2) is 35.8 Å². The molecule has 2 amide bonds. The first-order valence-electron chi connectivity index (χ1n) is 9.16. The average molecular weight is 394 g/mol. The molecule has 1 heterocycles. The zero-order valence-electron chi connectivity index (χ0n) is 15.7. The van der Waals surface area contributed by atoms with Gasteiger partial charge in [0.1, 0.15) is 0 Å². The normalized spacial score (nSPS) is 13.4. The Kier molecular flexibility index (Phi) is 4.77. The molecule has 1 N–H and O–H groups in total. The van der Waals surface area contributed by atoms with E-state index >= 15 is 0 Å². The number of nitrogens with one attached hydrogen (secondary N) is 1. The molecule has 1 fully saturated rings. The Morgan fingerprint density at radius 2 is 1.82 bits per heavy atom. The lowest BCUT2D eigenvalue weighted by molar-refractivity contribution is 0.0827. The second-order valence-electron chi connectivity index (χ2n) is 7.23. The lowest BCUT2D eigenvalue weighted by Gasteiger charge is -2.13. The highest BCUT2D eigenvalue weighted by Gasteiger charge is 2.27. The summed E-state index contributed by atoms with van der Waals surface area (Å²) >= 11 is 6.26. The predicted octanol–water partition coefficient (Wildman–Crippen LogP) is 4.72. The van der Waals surface area contributed by atoms with E-state index in [1.54, 1.807) is 32.3 Å². The fourth-order valence-electron chi connectivity index (χ4n) is 3.18. The summed E-state index contributed by atoms with van der Waals surface area (Å²) in [4.78, 5) is 31.3. The van der Waals surface area contributed by atoms with Crippen LogP contribution in [0.4, 0.5) is 5.69 Å². The van der Waals surface area contributed by atoms with Gasteiger partial charge in [-0.3, -0.25) is 14.6 Å². The second-order valence-corrected chi connectivity index (χ2v) is 7.64. The highest BCUT2D eigenvalue weighted by molar-refractivity contribution is 6.34. The van der Waals surface area contributed by atoms with Gasteiger partial charge in [-0.25, -0.2) is 0 Å². The van der Waals surface area contributed by atoms with Crippen LogP contribution in [0.2, 0.25) is 5.02 Å². The SMILES string of the molecule is CN(C)C(=O)c1ccc(NC(=O)c2cc(C3CC3)nc3ccccc23)cc1Cl. The van der Waals surface area contributed by atoms with Crippen LogP contribution in [0.5, 0.6) is 0 Å². The number of anilines is 1. The van der Waals surface area contributed by atoms with Crippen LogP contribution in [0.3, 0.4) is 0 Å². The molecule has 2 aromatic carbocycles. The van der Waals surface area contributed by atoms with E-state index in [0.717, 1.165) is 29.4 Å². The van der Waals surface area contributed by atoms with Gasteiger partial charge in [-0.1, -0.05) is 29.8 Å². The molecule has 1 aromatic heterocycles. The van der Waals surface area contributed by atoms with Crippen molar-refractivity contribution in [2.75, 3.05) is 19.4 Å². The van der Waals surface area contributed by atoms with Crippen molar-refractivity contribution in [1.29, 1.82) is 0 Å². The van der Waals surface area contributed by atoms with Crippen LogP contribution in [-0.2, 0) is 0 Å². The standard InChI is InChI=1S/C22H20ClN3O2/c1-26(2)22(28)16-10-9-14(11-18(16)23)24-21(27)17-12-20(13-7-8-13)25-19-6-4-3-5-15(17)19/h3-6,9-13H,7-8H2,1-2H3,(H,24,27). The Hall–Kier alpha value is -2.92. The number of fused-ring (bicyclic) bond motifs is 1. The topological polar surface area (TPSA) is 62.3 Å². The van der Waals surface area contributed by atoms with Crippen LogP contribution in [0.25, 0.3) is 10.9 Å². The van der Waals surface area contributed by atoms with Crippen LogP contribution in [0.15, 0.2) is 48.5 Å². The van der Waals surface area contributed by atoms with Crippen molar-refractivity contribution in [1.82, 2.24) is 9.88 Å². The third-order valence-electron chi connectivity index (χ3n) is 4.84. The molecule has 1 saturated carbocycles. The summed E-state index contributed by atoms with van der Waals surface area (Å²) in [6.45, 7) is 0. The van der Waals surface area contributed by atoms with E-state index in [4.69, 9.17) is 16.6 Å². The number of rotatable bonds is 4. The van der Waals surface area contributed by atoms with Crippen molar-refractivity contribution in [2.24, 2.45) is 0 Å². The molecule has 0 spiro atoms. The molecule has 0 saturated heterocycles. The van der Waals surface area contributed by atoms with Crippen molar-refractivity contribution >= 4 is 40.0 Å². The van der Waals surface area contributed by atoms with Crippen molar-refractivity contribution in [3.63, 3.8) is 0 Å². The van der Waals surface area contributed by atoms with Crippen molar-refractivity contribution < 1.29 is 9.59 Å².